The topological polar surface area (TPSA) is 53.2 Å². The minimum Gasteiger partial charge on any atom is -0.378 e. The zero-order valence-electron chi connectivity index (χ0n) is 16.4. The number of anilines is 1. The molecular formula is C23H28N4O. The molecule has 1 aliphatic rings. The maximum atomic E-state index is 5.51. The van der Waals surface area contributed by atoms with Crippen molar-refractivity contribution in [3.05, 3.63) is 72.1 Å². The van der Waals surface area contributed by atoms with Gasteiger partial charge in [0.2, 0.25) is 0 Å². The molecule has 1 atom stereocenters. The molecule has 1 aliphatic heterocycles. The van der Waals surface area contributed by atoms with E-state index < -0.39 is 0 Å². The van der Waals surface area contributed by atoms with Gasteiger partial charge in [-0.15, -0.1) is 0 Å². The third-order valence-corrected chi connectivity index (χ3v) is 5.48. The molecule has 4 rings (SSSR count). The highest BCUT2D eigenvalue weighted by atomic mass is 16.5. The maximum absolute atomic E-state index is 5.51. The van der Waals surface area contributed by atoms with Crippen LogP contribution in [0.5, 0.6) is 0 Å². The molecule has 146 valence electrons. The SMILES string of the molecule is CNCCC(c1ccc(-c2cn[nH]c2)cc1)c1cccc(N2CCOCC2)c1. The Morgan fingerprint density at radius 1 is 1.07 bits per heavy atom. The Kier molecular flexibility index (Phi) is 6.04. The molecule has 2 N–H and O–H groups in total. The summed E-state index contributed by atoms with van der Waals surface area (Å²) in [5.41, 5.74) is 6.32. The molecule has 1 unspecified atom stereocenters. The van der Waals surface area contributed by atoms with E-state index in [0.29, 0.717) is 5.92 Å². The van der Waals surface area contributed by atoms with Crippen LogP contribution in [0.2, 0.25) is 0 Å². The van der Waals surface area contributed by atoms with Gasteiger partial charge in [-0.3, -0.25) is 5.10 Å². The van der Waals surface area contributed by atoms with E-state index in [4.69, 9.17) is 4.74 Å². The van der Waals surface area contributed by atoms with E-state index in [2.05, 4.69) is 68.9 Å². The van der Waals surface area contributed by atoms with Crippen LogP contribution in [-0.2, 0) is 4.74 Å². The van der Waals surface area contributed by atoms with Gasteiger partial charge in [0, 0.05) is 36.5 Å². The van der Waals surface area contributed by atoms with Crippen LogP contribution in [0.4, 0.5) is 5.69 Å². The number of aromatic nitrogens is 2. The summed E-state index contributed by atoms with van der Waals surface area (Å²) in [6.07, 6.45) is 4.85. The predicted molar refractivity (Wildman–Crippen MR) is 114 cm³/mol. The highest BCUT2D eigenvalue weighted by Gasteiger charge is 2.17. The molecule has 0 aliphatic carbocycles. The Morgan fingerprint density at radius 3 is 2.61 bits per heavy atom. The van der Waals surface area contributed by atoms with E-state index in [1.165, 1.54) is 22.4 Å². The number of nitrogens with zero attached hydrogens (tertiary/aromatic N) is 2. The van der Waals surface area contributed by atoms with Gasteiger partial charge in [-0.1, -0.05) is 36.4 Å². The number of rotatable bonds is 7. The van der Waals surface area contributed by atoms with Gasteiger partial charge in [0.25, 0.3) is 0 Å². The van der Waals surface area contributed by atoms with Gasteiger partial charge in [0.05, 0.1) is 19.4 Å². The fourth-order valence-electron chi connectivity index (χ4n) is 3.89. The summed E-state index contributed by atoms with van der Waals surface area (Å²) in [6, 6.07) is 17.9. The normalized spacial score (nSPS) is 15.5. The van der Waals surface area contributed by atoms with Crippen LogP contribution in [-0.4, -0.2) is 50.1 Å². The van der Waals surface area contributed by atoms with E-state index in [1.54, 1.807) is 0 Å². The minimum absolute atomic E-state index is 0.367. The molecule has 2 aromatic carbocycles. The second-order valence-electron chi connectivity index (χ2n) is 7.25. The second kappa shape index (κ2) is 9.04. The molecule has 0 saturated carbocycles. The number of ether oxygens (including phenoxy) is 1. The lowest BCUT2D eigenvalue weighted by atomic mass is 9.87. The minimum atomic E-state index is 0.367. The zero-order valence-corrected chi connectivity index (χ0v) is 16.4. The van der Waals surface area contributed by atoms with Gasteiger partial charge in [-0.25, -0.2) is 0 Å². The molecule has 1 aromatic heterocycles. The molecular weight excluding hydrogens is 348 g/mol. The number of morpholine rings is 1. The van der Waals surface area contributed by atoms with Crippen molar-refractivity contribution in [3.63, 3.8) is 0 Å². The summed E-state index contributed by atoms with van der Waals surface area (Å²) in [4.78, 5) is 2.42. The van der Waals surface area contributed by atoms with Crippen molar-refractivity contribution in [1.82, 2.24) is 15.5 Å². The van der Waals surface area contributed by atoms with Crippen molar-refractivity contribution < 1.29 is 4.74 Å². The van der Waals surface area contributed by atoms with E-state index in [-0.39, 0.29) is 0 Å². The average Bonchev–Trinajstić information content (AvgIpc) is 3.30. The summed E-state index contributed by atoms with van der Waals surface area (Å²) in [7, 11) is 2.02. The summed E-state index contributed by atoms with van der Waals surface area (Å²) in [6.45, 7) is 4.52. The Balaban J connectivity index is 1.60. The smallest absolute Gasteiger partial charge is 0.0642 e. The summed E-state index contributed by atoms with van der Waals surface area (Å²) < 4.78 is 5.51. The van der Waals surface area contributed by atoms with Crippen molar-refractivity contribution in [2.45, 2.75) is 12.3 Å². The average molecular weight is 377 g/mol. The Bertz CT molecular complexity index is 855. The molecule has 0 spiro atoms. The molecule has 0 amide bonds. The van der Waals surface area contributed by atoms with Crippen molar-refractivity contribution in [2.75, 3.05) is 44.8 Å². The molecule has 28 heavy (non-hydrogen) atoms. The molecule has 0 radical (unpaired) electrons. The van der Waals surface area contributed by atoms with Crippen LogP contribution in [0.25, 0.3) is 11.1 Å². The van der Waals surface area contributed by atoms with Gasteiger partial charge < -0.3 is 15.0 Å². The van der Waals surface area contributed by atoms with Crippen LogP contribution in [0, 0.1) is 0 Å². The highest BCUT2D eigenvalue weighted by Crippen LogP contribution is 2.32. The summed E-state index contributed by atoms with van der Waals surface area (Å²) in [5.74, 6) is 0.367. The predicted octanol–water partition coefficient (Wildman–Crippen LogP) is 3.65. The molecule has 2 heterocycles. The first-order chi connectivity index (χ1) is 13.8. The Hall–Kier alpha value is -2.63. The monoisotopic (exact) mass is 376 g/mol. The van der Waals surface area contributed by atoms with Gasteiger partial charge in [-0.2, -0.15) is 5.10 Å². The molecule has 1 saturated heterocycles. The van der Waals surface area contributed by atoms with Crippen molar-refractivity contribution in [3.8, 4) is 11.1 Å². The summed E-state index contributed by atoms with van der Waals surface area (Å²) >= 11 is 0. The number of nitrogens with one attached hydrogen (secondary N) is 2. The van der Waals surface area contributed by atoms with Crippen LogP contribution in [0.3, 0.4) is 0 Å². The molecule has 3 aromatic rings. The lowest BCUT2D eigenvalue weighted by Crippen LogP contribution is -2.36. The van der Waals surface area contributed by atoms with Gasteiger partial charge >= 0.3 is 0 Å². The number of hydrogen-bond acceptors (Lipinski definition) is 4. The van der Waals surface area contributed by atoms with Gasteiger partial charge in [-0.05, 0) is 48.8 Å². The van der Waals surface area contributed by atoms with Crippen LogP contribution in [0.15, 0.2) is 60.9 Å². The van der Waals surface area contributed by atoms with Crippen molar-refractivity contribution >= 4 is 5.69 Å². The fraction of sp³-hybridized carbons (Fsp3) is 0.348. The van der Waals surface area contributed by atoms with Crippen LogP contribution < -0.4 is 10.2 Å². The molecule has 5 heteroatoms. The second-order valence-corrected chi connectivity index (χ2v) is 7.25. The maximum Gasteiger partial charge on any atom is 0.0642 e. The Morgan fingerprint density at radius 2 is 1.89 bits per heavy atom. The molecule has 0 bridgehead atoms. The van der Waals surface area contributed by atoms with Crippen molar-refractivity contribution in [2.24, 2.45) is 0 Å². The fourth-order valence-corrected chi connectivity index (χ4v) is 3.89. The standard InChI is InChI=1S/C23H28N4O/c1-24-10-9-23(19-7-5-18(6-8-19)21-16-25-26-17-21)20-3-2-4-22(15-20)27-11-13-28-14-12-27/h2-8,15-17,23-24H,9-14H2,1H3,(H,25,26). The van der Waals surface area contributed by atoms with E-state index in [0.717, 1.165) is 44.8 Å². The number of aromatic amines is 1. The van der Waals surface area contributed by atoms with Crippen LogP contribution >= 0.6 is 0 Å². The number of hydrogen-bond donors (Lipinski definition) is 2. The van der Waals surface area contributed by atoms with Crippen LogP contribution in [0.1, 0.15) is 23.5 Å². The quantitative estimate of drug-likeness (QED) is 0.661. The molecule has 5 nitrogen and oxygen atoms in total. The summed E-state index contributed by atoms with van der Waals surface area (Å²) in [5, 5.41) is 10.2. The first-order valence-corrected chi connectivity index (χ1v) is 10.0. The number of H-pyrrole nitrogens is 1. The first-order valence-electron chi connectivity index (χ1n) is 10.0. The lowest BCUT2D eigenvalue weighted by Gasteiger charge is -2.30. The third-order valence-electron chi connectivity index (χ3n) is 5.48. The van der Waals surface area contributed by atoms with Gasteiger partial charge in [0.1, 0.15) is 0 Å². The van der Waals surface area contributed by atoms with Crippen molar-refractivity contribution in [1.29, 1.82) is 0 Å². The number of benzene rings is 2. The molecule has 1 fully saturated rings. The first kappa shape index (κ1) is 18.7. The largest absolute Gasteiger partial charge is 0.378 e. The highest BCUT2D eigenvalue weighted by molar-refractivity contribution is 5.62. The van der Waals surface area contributed by atoms with E-state index >= 15 is 0 Å². The Labute approximate surface area is 166 Å². The third kappa shape index (κ3) is 4.26. The lowest BCUT2D eigenvalue weighted by molar-refractivity contribution is 0.122. The zero-order chi connectivity index (χ0) is 19.2. The van der Waals surface area contributed by atoms with E-state index in [9.17, 15) is 0 Å². The van der Waals surface area contributed by atoms with E-state index in [1.807, 2.05) is 19.4 Å². The van der Waals surface area contributed by atoms with Gasteiger partial charge in [0.15, 0.2) is 0 Å².